The van der Waals surface area contributed by atoms with E-state index >= 15 is 0 Å². The fourth-order valence-electron chi connectivity index (χ4n) is 2.37. The molecule has 1 atom stereocenters. The monoisotopic (exact) mass is 283 g/mol. The normalized spacial score (nSPS) is 18.1. The fourth-order valence-corrected chi connectivity index (χ4v) is 3.61. The van der Waals surface area contributed by atoms with E-state index in [1.165, 1.54) is 16.9 Å². The predicted octanol–water partition coefficient (Wildman–Crippen LogP) is 1.61. The van der Waals surface area contributed by atoms with Crippen molar-refractivity contribution in [2.45, 2.75) is 26.2 Å². The zero-order valence-corrected chi connectivity index (χ0v) is 12.1. The van der Waals surface area contributed by atoms with Crippen molar-refractivity contribution in [2.24, 2.45) is 5.92 Å². The molecular weight excluding hydrogens is 262 g/mol. The smallest absolute Gasteiger partial charge is 0.252 e. The van der Waals surface area contributed by atoms with Crippen LogP contribution in [0.3, 0.4) is 0 Å². The standard InChI is InChI=1S/C14H21NO3S/c1-10-2-3-11-12(9-19-13(11)8-10)14(17)15-4-6-18-7-5-16/h9-10,16H,2-8H2,1H3,(H,15,17). The van der Waals surface area contributed by atoms with Gasteiger partial charge in [-0.1, -0.05) is 6.92 Å². The maximum absolute atomic E-state index is 12.1. The summed E-state index contributed by atoms with van der Waals surface area (Å²) >= 11 is 1.71. The van der Waals surface area contributed by atoms with E-state index in [-0.39, 0.29) is 12.5 Å². The molecule has 1 heterocycles. The highest BCUT2D eigenvalue weighted by atomic mass is 32.1. The Morgan fingerprint density at radius 3 is 3.21 bits per heavy atom. The summed E-state index contributed by atoms with van der Waals surface area (Å²) in [7, 11) is 0. The second-order valence-corrected chi connectivity index (χ2v) is 5.96. The number of rotatable bonds is 6. The molecule has 1 aromatic rings. The van der Waals surface area contributed by atoms with Crippen LogP contribution in [0.15, 0.2) is 5.38 Å². The van der Waals surface area contributed by atoms with Gasteiger partial charge in [-0.05, 0) is 30.7 Å². The molecule has 5 heteroatoms. The minimum atomic E-state index is -0.000323. The molecule has 0 saturated heterocycles. The number of amides is 1. The van der Waals surface area contributed by atoms with Gasteiger partial charge >= 0.3 is 0 Å². The third-order valence-electron chi connectivity index (χ3n) is 3.41. The minimum Gasteiger partial charge on any atom is -0.394 e. The van der Waals surface area contributed by atoms with Crippen molar-refractivity contribution in [2.75, 3.05) is 26.4 Å². The molecule has 1 unspecified atom stereocenters. The summed E-state index contributed by atoms with van der Waals surface area (Å²) in [5, 5.41) is 13.4. The SMILES string of the molecule is CC1CCc2c(C(=O)NCCOCCO)csc2C1. The van der Waals surface area contributed by atoms with Crippen molar-refractivity contribution < 1.29 is 14.6 Å². The van der Waals surface area contributed by atoms with Crippen LogP contribution in [0.5, 0.6) is 0 Å². The summed E-state index contributed by atoms with van der Waals surface area (Å²) < 4.78 is 5.12. The van der Waals surface area contributed by atoms with Crippen LogP contribution in [0, 0.1) is 5.92 Å². The average molecular weight is 283 g/mol. The third kappa shape index (κ3) is 3.78. The van der Waals surface area contributed by atoms with Gasteiger partial charge in [0.1, 0.15) is 0 Å². The molecule has 0 aromatic carbocycles. The molecule has 0 bridgehead atoms. The van der Waals surface area contributed by atoms with Gasteiger partial charge in [0.2, 0.25) is 0 Å². The van der Waals surface area contributed by atoms with E-state index in [1.807, 2.05) is 5.38 Å². The predicted molar refractivity (Wildman–Crippen MR) is 75.7 cm³/mol. The van der Waals surface area contributed by atoms with Crippen molar-refractivity contribution in [3.8, 4) is 0 Å². The first-order valence-electron chi connectivity index (χ1n) is 6.78. The maximum Gasteiger partial charge on any atom is 0.252 e. The molecule has 0 aliphatic heterocycles. The van der Waals surface area contributed by atoms with E-state index in [9.17, 15) is 4.79 Å². The average Bonchev–Trinajstić information content (AvgIpc) is 2.81. The van der Waals surface area contributed by atoms with Gasteiger partial charge in [-0.15, -0.1) is 11.3 Å². The molecule has 0 fully saturated rings. The van der Waals surface area contributed by atoms with Crippen LogP contribution in [-0.2, 0) is 17.6 Å². The van der Waals surface area contributed by atoms with Crippen molar-refractivity contribution in [3.63, 3.8) is 0 Å². The fraction of sp³-hybridized carbons (Fsp3) is 0.643. The molecule has 1 aliphatic rings. The second-order valence-electron chi connectivity index (χ2n) is 4.99. The first-order valence-corrected chi connectivity index (χ1v) is 7.66. The summed E-state index contributed by atoms with van der Waals surface area (Å²) in [5.41, 5.74) is 2.09. The zero-order valence-electron chi connectivity index (χ0n) is 11.3. The number of hydrogen-bond donors (Lipinski definition) is 2. The van der Waals surface area contributed by atoms with E-state index in [1.54, 1.807) is 11.3 Å². The molecule has 0 spiro atoms. The van der Waals surface area contributed by atoms with Gasteiger partial charge in [0.25, 0.3) is 5.91 Å². The van der Waals surface area contributed by atoms with Crippen molar-refractivity contribution in [3.05, 3.63) is 21.4 Å². The van der Waals surface area contributed by atoms with Crippen LogP contribution in [0.1, 0.15) is 34.1 Å². The zero-order chi connectivity index (χ0) is 13.7. The van der Waals surface area contributed by atoms with E-state index in [0.29, 0.717) is 19.8 Å². The number of carbonyl (C=O) groups is 1. The molecule has 1 amide bonds. The number of aliphatic hydroxyl groups excluding tert-OH is 1. The number of thiophene rings is 1. The minimum absolute atomic E-state index is 0.000323. The van der Waals surface area contributed by atoms with E-state index < -0.39 is 0 Å². The molecule has 0 radical (unpaired) electrons. The Balaban J connectivity index is 1.86. The highest BCUT2D eigenvalue weighted by Gasteiger charge is 2.22. The van der Waals surface area contributed by atoms with Crippen molar-refractivity contribution in [1.29, 1.82) is 0 Å². The topological polar surface area (TPSA) is 58.6 Å². The quantitative estimate of drug-likeness (QED) is 0.780. The Labute approximate surface area is 117 Å². The Hall–Kier alpha value is -0.910. The third-order valence-corrected chi connectivity index (χ3v) is 4.47. The molecule has 2 N–H and O–H groups in total. The molecular formula is C14H21NO3S. The summed E-state index contributed by atoms with van der Waals surface area (Å²) in [6.45, 7) is 3.53. The molecule has 1 aromatic heterocycles. The van der Waals surface area contributed by atoms with Crippen LogP contribution in [0.2, 0.25) is 0 Å². The molecule has 4 nitrogen and oxygen atoms in total. The van der Waals surface area contributed by atoms with E-state index in [4.69, 9.17) is 9.84 Å². The lowest BCUT2D eigenvalue weighted by Gasteiger charge is -2.18. The Morgan fingerprint density at radius 2 is 2.42 bits per heavy atom. The highest BCUT2D eigenvalue weighted by molar-refractivity contribution is 7.10. The number of aliphatic hydroxyl groups is 1. The van der Waals surface area contributed by atoms with Gasteiger partial charge in [-0.25, -0.2) is 0 Å². The van der Waals surface area contributed by atoms with Crippen LogP contribution in [-0.4, -0.2) is 37.4 Å². The lowest BCUT2D eigenvalue weighted by atomic mass is 9.88. The lowest BCUT2D eigenvalue weighted by molar-refractivity contribution is 0.0837. The summed E-state index contributed by atoms with van der Waals surface area (Å²) in [5.74, 6) is 0.730. The van der Waals surface area contributed by atoms with Gasteiger partial charge in [-0.2, -0.15) is 0 Å². The number of nitrogens with one attached hydrogen (secondary N) is 1. The number of ether oxygens (including phenoxy) is 1. The van der Waals surface area contributed by atoms with Crippen LogP contribution >= 0.6 is 11.3 Å². The molecule has 1 aliphatic carbocycles. The van der Waals surface area contributed by atoms with E-state index in [0.717, 1.165) is 24.3 Å². The molecule has 2 rings (SSSR count). The summed E-state index contributed by atoms with van der Waals surface area (Å²) in [4.78, 5) is 13.5. The first kappa shape index (κ1) is 14.5. The maximum atomic E-state index is 12.1. The molecule has 19 heavy (non-hydrogen) atoms. The van der Waals surface area contributed by atoms with Gasteiger partial charge in [0, 0.05) is 16.8 Å². The van der Waals surface area contributed by atoms with Crippen LogP contribution in [0.25, 0.3) is 0 Å². The van der Waals surface area contributed by atoms with Crippen molar-refractivity contribution >= 4 is 17.2 Å². The van der Waals surface area contributed by atoms with Gasteiger partial charge in [0.05, 0.1) is 25.4 Å². The number of carbonyl (C=O) groups excluding carboxylic acids is 1. The molecule has 0 saturated carbocycles. The Bertz CT molecular complexity index is 430. The first-order chi connectivity index (χ1) is 9.22. The summed E-state index contributed by atoms with van der Waals surface area (Å²) in [6.07, 6.45) is 3.29. The number of hydrogen-bond acceptors (Lipinski definition) is 4. The second kappa shape index (κ2) is 7.03. The van der Waals surface area contributed by atoms with Crippen LogP contribution < -0.4 is 5.32 Å². The van der Waals surface area contributed by atoms with Gasteiger partial charge < -0.3 is 15.2 Å². The number of fused-ring (bicyclic) bond motifs is 1. The molecule has 106 valence electrons. The van der Waals surface area contributed by atoms with Crippen molar-refractivity contribution in [1.82, 2.24) is 5.32 Å². The lowest BCUT2D eigenvalue weighted by Crippen LogP contribution is -2.28. The van der Waals surface area contributed by atoms with Crippen LogP contribution in [0.4, 0.5) is 0 Å². The van der Waals surface area contributed by atoms with Gasteiger partial charge in [-0.3, -0.25) is 4.79 Å². The summed E-state index contributed by atoms with van der Waals surface area (Å²) in [6, 6.07) is 0. The van der Waals surface area contributed by atoms with E-state index in [2.05, 4.69) is 12.2 Å². The highest BCUT2D eigenvalue weighted by Crippen LogP contribution is 2.32. The largest absolute Gasteiger partial charge is 0.394 e. The van der Waals surface area contributed by atoms with Gasteiger partial charge in [0.15, 0.2) is 0 Å². The Morgan fingerprint density at radius 1 is 1.58 bits per heavy atom. The Kier molecular flexibility index (Phi) is 5.36.